The van der Waals surface area contributed by atoms with Gasteiger partial charge in [0.1, 0.15) is 0 Å². The van der Waals surface area contributed by atoms with E-state index in [1.165, 1.54) is 50.5 Å². The lowest BCUT2D eigenvalue weighted by Crippen LogP contribution is -2.30. The van der Waals surface area contributed by atoms with Crippen molar-refractivity contribution < 1.29 is 0 Å². The van der Waals surface area contributed by atoms with E-state index in [4.69, 9.17) is 0 Å². The summed E-state index contributed by atoms with van der Waals surface area (Å²) in [4.78, 5) is 2.42. The highest BCUT2D eigenvalue weighted by molar-refractivity contribution is 5.89. The van der Waals surface area contributed by atoms with Crippen molar-refractivity contribution in [1.82, 2.24) is 0 Å². The van der Waals surface area contributed by atoms with Crippen LogP contribution in [0.1, 0.15) is 49.9 Å². The van der Waals surface area contributed by atoms with E-state index >= 15 is 0 Å². The summed E-state index contributed by atoms with van der Waals surface area (Å²) >= 11 is 0. The number of nitrogens with zero attached hydrogens (tertiary/aromatic N) is 1. The van der Waals surface area contributed by atoms with Crippen molar-refractivity contribution in [2.24, 2.45) is 0 Å². The predicted octanol–water partition coefficient (Wildman–Crippen LogP) is 10.1. The van der Waals surface area contributed by atoms with Crippen molar-refractivity contribution in [2.45, 2.75) is 33.1 Å². The van der Waals surface area contributed by atoms with E-state index in [-0.39, 0.29) is 5.41 Å². The Morgan fingerprint density at radius 1 is 0.750 bits per heavy atom. The molecule has 0 aromatic heterocycles. The van der Waals surface area contributed by atoms with Crippen molar-refractivity contribution in [1.29, 1.82) is 0 Å². The molecule has 0 saturated carbocycles. The van der Waals surface area contributed by atoms with E-state index in [1.54, 1.807) is 0 Å². The normalized spacial score (nSPS) is 14.4. The third-order valence-corrected chi connectivity index (χ3v) is 7.30. The summed E-state index contributed by atoms with van der Waals surface area (Å²) in [5.41, 5.74) is 12.2. The van der Waals surface area contributed by atoms with Gasteiger partial charge in [-0.25, -0.2) is 0 Å². The van der Waals surface area contributed by atoms with Crippen LogP contribution in [0.25, 0.3) is 22.8 Å². The summed E-state index contributed by atoms with van der Waals surface area (Å²) in [5, 5.41) is 0. The molecule has 0 N–H and O–H groups in total. The van der Waals surface area contributed by atoms with Crippen molar-refractivity contribution in [3.63, 3.8) is 0 Å². The molecular formula is C35H33N. The van der Waals surface area contributed by atoms with E-state index in [0.29, 0.717) is 0 Å². The molecule has 0 radical (unpaired) electrons. The summed E-state index contributed by atoms with van der Waals surface area (Å²) in [6, 6.07) is 33.2. The Balaban J connectivity index is 1.70. The van der Waals surface area contributed by atoms with Crippen LogP contribution in [0.2, 0.25) is 0 Å². The van der Waals surface area contributed by atoms with Gasteiger partial charge in [0.25, 0.3) is 0 Å². The van der Waals surface area contributed by atoms with E-state index in [0.717, 1.165) is 5.56 Å². The van der Waals surface area contributed by atoms with Crippen LogP contribution in [0.3, 0.4) is 0 Å². The highest BCUT2D eigenvalue weighted by Gasteiger charge is 2.37. The van der Waals surface area contributed by atoms with Crippen LogP contribution < -0.4 is 4.90 Å². The van der Waals surface area contributed by atoms with E-state index in [1.807, 2.05) is 6.08 Å². The second kappa shape index (κ2) is 9.51. The maximum absolute atomic E-state index is 3.89. The third kappa shape index (κ3) is 4.01. The lowest BCUT2D eigenvalue weighted by atomic mass is 9.73. The smallest absolute Gasteiger partial charge is 0.0503 e. The Kier molecular flexibility index (Phi) is 6.24. The molecule has 5 rings (SSSR count). The van der Waals surface area contributed by atoms with Crippen LogP contribution in [0.5, 0.6) is 0 Å². The maximum Gasteiger partial charge on any atom is 0.0503 e. The van der Waals surface area contributed by atoms with Crippen molar-refractivity contribution in [3.8, 4) is 11.1 Å². The summed E-state index contributed by atoms with van der Waals surface area (Å²) in [7, 11) is 0. The minimum atomic E-state index is -0.128. The van der Waals surface area contributed by atoms with Crippen LogP contribution in [-0.4, -0.2) is 0 Å². The molecule has 0 atom stereocenters. The Labute approximate surface area is 215 Å². The molecule has 178 valence electrons. The quantitative estimate of drug-likeness (QED) is 0.264. The molecule has 1 nitrogen and oxygen atoms in total. The lowest BCUT2D eigenvalue weighted by Gasteiger charge is -2.42. The highest BCUT2D eigenvalue weighted by atomic mass is 15.2. The van der Waals surface area contributed by atoms with Gasteiger partial charge in [-0.3, -0.25) is 0 Å². The zero-order valence-corrected chi connectivity index (χ0v) is 21.6. The fourth-order valence-electron chi connectivity index (χ4n) is 5.34. The SMILES string of the molecule is C=Cc1ccc(-c2ccc3c(c2)C(C)(C)c2ccccc2N3c2cccc(C(/C=C\C)=C/C)c2)cc1. The number of fused-ring (bicyclic) bond motifs is 2. The molecule has 1 heteroatoms. The Hall–Kier alpha value is -4.10. The van der Waals surface area contributed by atoms with E-state index < -0.39 is 0 Å². The number of hydrogen-bond donors (Lipinski definition) is 0. The Morgan fingerprint density at radius 2 is 1.47 bits per heavy atom. The molecule has 0 aliphatic carbocycles. The average molecular weight is 468 g/mol. The van der Waals surface area contributed by atoms with Gasteiger partial charge in [-0.15, -0.1) is 0 Å². The first-order valence-electron chi connectivity index (χ1n) is 12.6. The number of anilines is 3. The van der Waals surface area contributed by atoms with Crippen LogP contribution in [0.15, 0.2) is 116 Å². The fraction of sp³-hybridized carbons (Fsp3) is 0.143. The van der Waals surface area contributed by atoms with Crippen molar-refractivity contribution in [2.75, 3.05) is 4.90 Å². The van der Waals surface area contributed by atoms with Gasteiger partial charge >= 0.3 is 0 Å². The first kappa shape index (κ1) is 23.6. The molecule has 1 aliphatic rings. The standard InChI is InChI=1S/C35H33N/c1-6-12-26(8-3)28-13-11-14-30(23-28)36-33-16-10-9-15-31(33)35(4,5)32-24-29(21-22-34(32)36)27-19-17-25(7-2)18-20-27/h6-24H,2H2,1,3-5H3/b12-6-,26-8+. The second-order valence-corrected chi connectivity index (χ2v) is 9.83. The molecule has 0 fully saturated rings. The summed E-state index contributed by atoms with van der Waals surface area (Å²) in [5.74, 6) is 0. The van der Waals surface area contributed by atoms with Gasteiger partial charge in [-0.2, -0.15) is 0 Å². The minimum Gasteiger partial charge on any atom is -0.310 e. The number of benzene rings is 4. The summed E-state index contributed by atoms with van der Waals surface area (Å²) in [6.07, 6.45) is 8.33. The van der Waals surface area contributed by atoms with Gasteiger partial charge in [-0.1, -0.05) is 105 Å². The van der Waals surface area contributed by atoms with Crippen LogP contribution >= 0.6 is 0 Å². The monoisotopic (exact) mass is 467 g/mol. The summed E-state index contributed by atoms with van der Waals surface area (Å²) in [6.45, 7) is 12.7. The number of allylic oxidation sites excluding steroid dienone is 4. The first-order chi connectivity index (χ1) is 17.5. The van der Waals surface area contributed by atoms with Crippen molar-refractivity contribution in [3.05, 3.63) is 138 Å². The van der Waals surface area contributed by atoms with Crippen LogP contribution in [0.4, 0.5) is 17.1 Å². The zero-order valence-electron chi connectivity index (χ0n) is 21.6. The molecular weight excluding hydrogens is 434 g/mol. The maximum atomic E-state index is 3.89. The largest absolute Gasteiger partial charge is 0.310 e. The molecule has 0 amide bonds. The molecule has 4 aromatic carbocycles. The molecule has 0 unspecified atom stereocenters. The minimum absolute atomic E-state index is 0.128. The molecule has 0 spiro atoms. The van der Waals surface area contributed by atoms with Gasteiger partial charge in [0.15, 0.2) is 0 Å². The molecule has 1 aliphatic heterocycles. The van der Waals surface area contributed by atoms with E-state index in [2.05, 4.69) is 148 Å². The van der Waals surface area contributed by atoms with Crippen molar-refractivity contribution >= 4 is 28.7 Å². The Morgan fingerprint density at radius 3 is 2.19 bits per heavy atom. The fourth-order valence-corrected chi connectivity index (χ4v) is 5.34. The third-order valence-electron chi connectivity index (χ3n) is 7.30. The second-order valence-electron chi connectivity index (χ2n) is 9.83. The number of para-hydroxylation sites is 1. The zero-order chi connectivity index (χ0) is 25.3. The number of rotatable bonds is 5. The van der Waals surface area contributed by atoms with Gasteiger partial charge in [0, 0.05) is 11.1 Å². The van der Waals surface area contributed by atoms with Gasteiger partial charge in [-0.05, 0) is 83.1 Å². The van der Waals surface area contributed by atoms with Gasteiger partial charge < -0.3 is 4.90 Å². The number of hydrogen-bond acceptors (Lipinski definition) is 1. The van der Waals surface area contributed by atoms with Crippen LogP contribution in [-0.2, 0) is 5.41 Å². The molecule has 1 heterocycles. The van der Waals surface area contributed by atoms with E-state index in [9.17, 15) is 0 Å². The topological polar surface area (TPSA) is 3.24 Å². The predicted molar refractivity (Wildman–Crippen MR) is 157 cm³/mol. The molecule has 4 aromatic rings. The first-order valence-corrected chi connectivity index (χ1v) is 12.6. The summed E-state index contributed by atoms with van der Waals surface area (Å²) < 4.78 is 0. The highest BCUT2D eigenvalue weighted by Crippen LogP contribution is 2.52. The Bertz CT molecular complexity index is 1480. The van der Waals surface area contributed by atoms with Gasteiger partial charge in [0.05, 0.1) is 11.4 Å². The van der Waals surface area contributed by atoms with Gasteiger partial charge in [0.2, 0.25) is 0 Å². The van der Waals surface area contributed by atoms with Crippen LogP contribution in [0, 0.1) is 0 Å². The molecule has 0 bridgehead atoms. The lowest BCUT2D eigenvalue weighted by molar-refractivity contribution is 0.632. The molecule has 36 heavy (non-hydrogen) atoms. The average Bonchev–Trinajstić information content (AvgIpc) is 2.92. The molecule has 0 saturated heterocycles.